The third-order valence-electron chi connectivity index (χ3n) is 6.06. The van der Waals surface area contributed by atoms with Crippen molar-refractivity contribution in [3.63, 3.8) is 0 Å². The van der Waals surface area contributed by atoms with E-state index in [1.54, 1.807) is 53.6 Å². The second kappa shape index (κ2) is 10.8. The SMILES string of the molecule is Cc1ccc(NS(=O)(=O)c2ccc(NC(=O)c3ccc([C@H]4SCC(=O)N4Cc4ccco4)cc3)cc2)cc1. The number of amides is 2. The predicted octanol–water partition coefficient (Wildman–Crippen LogP) is 5.42. The Bertz CT molecular complexity index is 1530. The van der Waals surface area contributed by atoms with Crippen LogP contribution in [0.15, 0.2) is 101 Å². The second-order valence-electron chi connectivity index (χ2n) is 8.84. The highest BCUT2D eigenvalue weighted by atomic mass is 32.2. The van der Waals surface area contributed by atoms with E-state index in [2.05, 4.69) is 10.0 Å². The summed E-state index contributed by atoms with van der Waals surface area (Å²) >= 11 is 1.53. The lowest BCUT2D eigenvalue weighted by Crippen LogP contribution is -2.27. The van der Waals surface area contributed by atoms with Gasteiger partial charge in [-0.1, -0.05) is 29.8 Å². The summed E-state index contributed by atoms with van der Waals surface area (Å²) in [5.74, 6) is 0.816. The summed E-state index contributed by atoms with van der Waals surface area (Å²) in [7, 11) is -3.76. The molecule has 0 spiro atoms. The lowest BCUT2D eigenvalue weighted by molar-refractivity contribution is -0.128. The lowest BCUT2D eigenvalue weighted by atomic mass is 10.1. The Labute approximate surface area is 225 Å². The summed E-state index contributed by atoms with van der Waals surface area (Å²) in [4.78, 5) is 27.1. The summed E-state index contributed by atoms with van der Waals surface area (Å²) in [6.45, 7) is 2.31. The maximum absolute atomic E-state index is 12.8. The summed E-state index contributed by atoms with van der Waals surface area (Å²) in [6.07, 6.45) is 1.58. The zero-order valence-corrected chi connectivity index (χ0v) is 22.1. The normalized spacial score (nSPS) is 15.4. The first-order valence-corrected chi connectivity index (χ1v) is 14.4. The Morgan fingerprint density at radius 3 is 2.32 bits per heavy atom. The molecule has 194 valence electrons. The molecule has 1 aliphatic rings. The maximum Gasteiger partial charge on any atom is 0.261 e. The summed E-state index contributed by atoms with van der Waals surface area (Å²) < 4.78 is 33.3. The van der Waals surface area contributed by atoms with Crippen molar-refractivity contribution in [1.82, 2.24) is 4.90 Å². The molecule has 2 heterocycles. The highest BCUT2D eigenvalue weighted by molar-refractivity contribution is 8.00. The number of hydrogen-bond donors (Lipinski definition) is 2. The molecule has 1 atom stereocenters. The van der Waals surface area contributed by atoms with Gasteiger partial charge < -0.3 is 14.6 Å². The molecule has 1 fully saturated rings. The topological polar surface area (TPSA) is 109 Å². The first-order valence-electron chi connectivity index (χ1n) is 11.8. The number of nitrogens with zero attached hydrogens (tertiary/aromatic N) is 1. The first-order chi connectivity index (χ1) is 18.3. The molecule has 1 aromatic heterocycles. The summed E-state index contributed by atoms with van der Waals surface area (Å²) in [6, 6.07) is 23.8. The Hall–Kier alpha value is -4.02. The zero-order chi connectivity index (χ0) is 26.7. The van der Waals surface area contributed by atoms with Crippen LogP contribution < -0.4 is 10.0 Å². The molecular formula is C28H25N3O5S2. The Kier molecular flexibility index (Phi) is 7.26. The monoisotopic (exact) mass is 547 g/mol. The van der Waals surface area contributed by atoms with E-state index >= 15 is 0 Å². The molecule has 0 radical (unpaired) electrons. The van der Waals surface area contributed by atoms with Crippen molar-refractivity contribution in [1.29, 1.82) is 0 Å². The van der Waals surface area contributed by atoms with Crippen molar-refractivity contribution in [3.8, 4) is 0 Å². The van der Waals surface area contributed by atoms with Crippen LogP contribution in [0.4, 0.5) is 11.4 Å². The quantitative estimate of drug-likeness (QED) is 0.305. The molecule has 2 amide bonds. The van der Waals surface area contributed by atoms with E-state index in [1.165, 1.54) is 23.9 Å². The molecule has 0 bridgehead atoms. The predicted molar refractivity (Wildman–Crippen MR) is 147 cm³/mol. The van der Waals surface area contributed by atoms with Crippen LogP contribution in [0.3, 0.4) is 0 Å². The van der Waals surface area contributed by atoms with Gasteiger partial charge in [0.25, 0.3) is 15.9 Å². The van der Waals surface area contributed by atoms with Crippen LogP contribution in [0.1, 0.15) is 32.6 Å². The fourth-order valence-corrected chi connectivity index (χ4v) is 6.27. The molecule has 3 aromatic carbocycles. The molecule has 38 heavy (non-hydrogen) atoms. The van der Waals surface area contributed by atoms with Crippen LogP contribution in [0, 0.1) is 6.92 Å². The van der Waals surface area contributed by atoms with Gasteiger partial charge >= 0.3 is 0 Å². The smallest absolute Gasteiger partial charge is 0.261 e. The van der Waals surface area contributed by atoms with Gasteiger partial charge in [-0.3, -0.25) is 14.3 Å². The van der Waals surface area contributed by atoms with Gasteiger partial charge in [0.05, 0.1) is 23.5 Å². The fourth-order valence-electron chi connectivity index (χ4n) is 4.03. The number of furan rings is 1. The first kappa shape index (κ1) is 25.6. The number of rotatable bonds is 8. The van der Waals surface area contributed by atoms with Gasteiger partial charge in [-0.2, -0.15) is 0 Å². The fraction of sp³-hybridized carbons (Fsp3) is 0.143. The highest BCUT2D eigenvalue weighted by Crippen LogP contribution is 2.39. The van der Waals surface area contributed by atoms with Crippen LogP contribution in [-0.2, 0) is 21.4 Å². The van der Waals surface area contributed by atoms with E-state index in [1.807, 2.05) is 37.3 Å². The molecule has 4 aromatic rings. The van der Waals surface area contributed by atoms with E-state index in [-0.39, 0.29) is 22.1 Å². The molecule has 2 N–H and O–H groups in total. The molecule has 5 rings (SSSR count). The van der Waals surface area contributed by atoms with Gasteiger partial charge in [-0.15, -0.1) is 11.8 Å². The van der Waals surface area contributed by atoms with Crippen molar-refractivity contribution in [2.75, 3.05) is 15.8 Å². The summed E-state index contributed by atoms with van der Waals surface area (Å²) in [5.41, 5.74) is 3.33. The van der Waals surface area contributed by atoms with Gasteiger partial charge in [0.2, 0.25) is 5.91 Å². The van der Waals surface area contributed by atoms with Gasteiger partial charge in [-0.05, 0) is 73.2 Å². The van der Waals surface area contributed by atoms with E-state index in [0.717, 1.165) is 11.1 Å². The minimum Gasteiger partial charge on any atom is -0.467 e. The van der Waals surface area contributed by atoms with Crippen LogP contribution in [-0.4, -0.2) is 30.9 Å². The minimum atomic E-state index is -3.76. The lowest BCUT2D eigenvalue weighted by Gasteiger charge is -2.23. The molecule has 10 heteroatoms. The largest absolute Gasteiger partial charge is 0.467 e. The number of hydrogen-bond acceptors (Lipinski definition) is 6. The van der Waals surface area contributed by atoms with Crippen molar-refractivity contribution < 1.29 is 22.4 Å². The van der Waals surface area contributed by atoms with Crippen molar-refractivity contribution in [3.05, 3.63) is 114 Å². The maximum atomic E-state index is 12.8. The van der Waals surface area contributed by atoms with Crippen molar-refractivity contribution >= 4 is 45.0 Å². The molecule has 0 aliphatic carbocycles. The second-order valence-corrected chi connectivity index (χ2v) is 11.6. The molecule has 0 unspecified atom stereocenters. The number of aryl methyl sites for hydroxylation is 1. The van der Waals surface area contributed by atoms with Gasteiger partial charge in [0, 0.05) is 16.9 Å². The standard InChI is InChI=1S/C28H25N3O5S2/c1-19-4-10-23(11-5-19)30-38(34,35)25-14-12-22(13-15-25)29-27(33)20-6-8-21(9-7-20)28-31(26(32)18-37-28)17-24-3-2-16-36-24/h2-16,28,30H,17-18H2,1H3,(H,29,33)/t28-/m1/s1. The van der Waals surface area contributed by atoms with Crippen LogP contribution in [0.5, 0.6) is 0 Å². The van der Waals surface area contributed by atoms with Crippen LogP contribution >= 0.6 is 11.8 Å². The molecule has 0 saturated carbocycles. The molecule has 1 aliphatic heterocycles. The third-order valence-corrected chi connectivity index (χ3v) is 8.71. The molecule has 8 nitrogen and oxygen atoms in total. The van der Waals surface area contributed by atoms with Gasteiger partial charge in [0.15, 0.2) is 0 Å². The number of sulfonamides is 1. The van der Waals surface area contributed by atoms with E-state index < -0.39 is 10.0 Å². The molecular weight excluding hydrogens is 522 g/mol. The minimum absolute atomic E-state index is 0.0396. The number of benzene rings is 3. The van der Waals surface area contributed by atoms with E-state index in [0.29, 0.717) is 35.0 Å². The average molecular weight is 548 g/mol. The number of thioether (sulfide) groups is 1. The number of carbonyl (C=O) groups excluding carboxylic acids is 2. The number of carbonyl (C=O) groups is 2. The van der Waals surface area contributed by atoms with Crippen LogP contribution in [0.25, 0.3) is 0 Å². The number of anilines is 2. The Balaban J connectivity index is 1.22. The van der Waals surface area contributed by atoms with Gasteiger partial charge in [0.1, 0.15) is 11.1 Å². The summed E-state index contributed by atoms with van der Waals surface area (Å²) in [5, 5.41) is 2.63. The van der Waals surface area contributed by atoms with Gasteiger partial charge in [-0.25, -0.2) is 8.42 Å². The van der Waals surface area contributed by atoms with Crippen molar-refractivity contribution in [2.24, 2.45) is 0 Å². The Morgan fingerprint density at radius 2 is 1.66 bits per heavy atom. The average Bonchev–Trinajstić information content (AvgIpc) is 3.56. The van der Waals surface area contributed by atoms with Crippen LogP contribution in [0.2, 0.25) is 0 Å². The zero-order valence-electron chi connectivity index (χ0n) is 20.5. The Morgan fingerprint density at radius 1 is 0.974 bits per heavy atom. The third kappa shape index (κ3) is 5.76. The molecule has 1 saturated heterocycles. The highest BCUT2D eigenvalue weighted by Gasteiger charge is 2.33. The van der Waals surface area contributed by atoms with Crippen molar-refractivity contribution in [2.45, 2.75) is 23.7 Å². The van der Waals surface area contributed by atoms with E-state index in [9.17, 15) is 18.0 Å². The van der Waals surface area contributed by atoms with E-state index in [4.69, 9.17) is 4.42 Å². The number of nitrogens with one attached hydrogen (secondary N) is 2.